The quantitative estimate of drug-likeness (QED) is 0.215. The van der Waals surface area contributed by atoms with E-state index >= 15 is 0 Å². The molecule has 0 aliphatic heterocycles. The Hall–Kier alpha value is -4.74. The Bertz CT molecular complexity index is 1860. The molecule has 0 heterocycles. The monoisotopic (exact) mass is 560 g/mol. The number of hydrogen-bond acceptors (Lipinski definition) is 11. The highest BCUT2D eigenvalue weighted by molar-refractivity contribution is 6.62. The normalized spacial score (nSPS) is 24.0. The van der Waals surface area contributed by atoms with Gasteiger partial charge in [0, 0.05) is 31.2 Å². The number of allylic oxidation sites excluding steroid dienone is 1. The average molecular weight is 561 g/mol. The van der Waals surface area contributed by atoms with Crippen LogP contribution in [0.4, 0.5) is 0 Å². The Labute approximate surface area is 231 Å². The second kappa shape index (κ2) is 8.15. The number of carbonyl (C=O) groups excluding carboxylic acids is 4. The largest absolute Gasteiger partial charge is 0.507 e. The Morgan fingerprint density at radius 2 is 1.12 bits per heavy atom. The number of hydrogen-bond donors (Lipinski definition) is 7. The van der Waals surface area contributed by atoms with E-state index in [1.165, 1.54) is 19.9 Å². The third-order valence-electron chi connectivity index (χ3n) is 8.00. The molecule has 11 nitrogen and oxygen atoms in total. The lowest BCUT2D eigenvalue weighted by Crippen LogP contribution is -2.36. The number of fused-ring (bicyclic) bond motifs is 4. The maximum Gasteiger partial charge on any atom is 0.238 e. The van der Waals surface area contributed by atoms with E-state index in [0.29, 0.717) is 0 Å². The number of ketones is 4. The summed E-state index contributed by atoms with van der Waals surface area (Å²) in [6.45, 7) is 2.86. The van der Waals surface area contributed by atoms with Crippen molar-refractivity contribution in [2.45, 2.75) is 50.7 Å². The van der Waals surface area contributed by atoms with Gasteiger partial charge in [-0.2, -0.15) is 0 Å². The zero-order valence-corrected chi connectivity index (χ0v) is 21.8. The Kier molecular flexibility index (Phi) is 5.26. The number of carbonyl (C=O) groups is 4. The van der Waals surface area contributed by atoms with Gasteiger partial charge in [0.1, 0.15) is 28.8 Å². The van der Waals surface area contributed by atoms with E-state index in [2.05, 4.69) is 0 Å². The van der Waals surface area contributed by atoms with Crippen LogP contribution in [0, 0.1) is 0 Å². The molecule has 6 rings (SSSR count). The van der Waals surface area contributed by atoms with Crippen LogP contribution < -0.4 is 0 Å². The minimum absolute atomic E-state index is 0.00564. The Morgan fingerprint density at radius 3 is 1.71 bits per heavy atom. The number of phenolic OH excluding ortho intramolecular Hbond substituents is 4. The van der Waals surface area contributed by atoms with Crippen LogP contribution in [0.3, 0.4) is 0 Å². The lowest BCUT2D eigenvalue weighted by atomic mass is 9.75. The fourth-order valence-corrected chi connectivity index (χ4v) is 6.38. The third-order valence-corrected chi connectivity index (χ3v) is 8.00. The molecule has 0 amide bonds. The summed E-state index contributed by atoms with van der Waals surface area (Å²) in [6.07, 6.45) is -0.773. The second-order valence-corrected chi connectivity index (χ2v) is 11.6. The van der Waals surface area contributed by atoms with Gasteiger partial charge in [0.05, 0.1) is 44.4 Å². The summed E-state index contributed by atoms with van der Waals surface area (Å²) in [5, 5.41) is 76.0. The molecule has 3 aromatic rings. The van der Waals surface area contributed by atoms with Gasteiger partial charge < -0.3 is 35.7 Å². The summed E-state index contributed by atoms with van der Waals surface area (Å²) < 4.78 is 0. The fraction of sp³-hybridized carbons (Fsp3) is 0.267. The van der Waals surface area contributed by atoms with Crippen LogP contribution in [0.15, 0.2) is 18.2 Å². The smallest absolute Gasteiger partial charge is 0.238 e. The van der Waals surface area contributed by atoms with Crippen LogP contribution in [0.1, 0.15) is 80.0 Å². The highest BCUT2D eigenvalue weighted by Gasteiger charge is 2.43. The van der Waals surface area contributed by atoms with Gasteiger partial charge >= 0.3 is 0 Å². The minimum Gasteiger partial charge on any atom is -0.507 e. The number of phenols is 4. The molecule has 3 aromatic carbocycles. The number of aliphatic hydroxyl groups excluding tert-OH is 1. The van der Waals surface area contributed by atoms with Crippen LogP contribution in [-0.4, -0.2) is 70.1 Å². The Balaban J connectivity index is 1.63. The predicted octanol–water partition coefficient (Wildman–Crippen LogP) is 2.61. The summed E-state index contributed by atoms with van der Waals surface area (Å²) in [5.41, 5.74) is -5.51. The van der Waals surface area contributed by atoms with Gasteiger partial charge in [0.2, 0.25) is 11.6 Å². The van der Waals surface area contributed by atoms with Crippen molar-refractivity contribution in [3.05, 3.63) is 57.1 Å². The molecule has 0 fully saturated rings. The molecular formula is C30H24O11. The topological polar surface area (TPSA) is 210 Å². The number of rotatable bonds is 1. The van der Waals surface area contributed by atoms with Gasteiger partial charge in [-0.05, 0) is 48.6 Å². The van der Waals surface area contributed by atoms with Gasteiger partial charge in [-0.1, -0.05) is 0 Å². The van der Waals surface area contributed by atoms with E-state index in [-0.39, 0.29) is 58.7 Å². The molecule has 7 N–H and O–H groups in total. The van der Waals surface area contributed by atoms with Gasteiger partial charge in [0.25, 0.3) is 0 Å². The molecule has 0 radical (unpaired) electrons. The van der Waals surface area contributed by atoms with Crippen molar-refractivity contribution in [2.24, 2.45) is 0 Å². The van der Waals surface area contributed by atoms with Crippen LogP contribution in [0.25, 0.3) is 22.1 Å². The van der Waals surface area contributed by atoms with Crippen molar-refractivity contribution in [2.75, 3.05) is 0 Å². The van der Waals surface area contributed by atoms with Crippen molar-refractivity contribution >= 4 is 45.2 Å². The molecule has 0 saturated heterocycles. The molecular weight excluding hydrogens is 536 g/mol. The fourth-order valence-electron chi connectivity index (χ4n) is 6.38. The van der Waals surface area contributed by atoms with Crippen LogP contribution >= 0.6 is 0 Å². The molecule has 0 aromatic heterocycles. The first-order chi connectivity index (χ1) is 19.0. The zero-order valence-electron chi connectivity index (χ0n) is 21.8. The number of benzene rings is 3. The van der Waals surface area contributed by atoms with E-state index < -0.39 is 85.4 Å². The predicted molar refractivity (Wildman–Crippen MR) is 142 cm³/mol. The molecule has 210 valence electrons. The summed E-state index contributed by atoms with van der Waals surface area (Å²) in [5.74, 6) is -8.06. The van der Waals surface area contributed by atoms with E-state index in [0.717, 1.165) is 12.1 Å². The third kappa shape index (κ3) is 3.66. The standard InChI is InChI=1S/C30H24O11/c1-29(40)6-11-3-10-5-14(31)21(26(37)19(10)24(35)17(11)15(32)8-29)22-27(38)20-13(23(34)28(22)39)4-12-7-30(2,41)9-16(33)18(12)25(20)36/h3-5,31,35-38,40-41H,6-9H2,1-2H3. The number of aromatic hydroxyl groups is 4. The second-order valence-electron chi connectivity index (χ2n) is 11.6. The van der Waals surface area contributed by atoms with E-state index in [9.17, 15) is 54.9 Å². The molecule has 11 heteroatoms. The van der Waals surface area contributed by atoms with Gasteiger partial charge in [0.15, 0.2) is 11.6 Å². The first-order valence-electron chi connectivity index (χ1n) is 12.7. The first kappa shape index (κ1) is 26.5. The van der Waals surface area contributed by atoms with E-state index in [1.54, 1.807) is 0 Å². The summed E-state index contributed by atoms with van der Waals surface area (Å²) >= 11 is 0. The van der Waals surface area contributed by atoms with Crippen molar-refractivity contribution in [3.8, 4) is 23.0 Å². The van der Waals surface area contributed by atoms with Crippen LogP contribution in [0.5, 0.6) is 23.0 Å². The zero-order chi connectivity index (χ0) is 29.9. The molecule has 2 atom stereocenters. The molecule has 3 aliphatic rings. The molecule has 0 spiro atoms. The van der Waals surface area contributed by atoms with Crippen molar-refractivity contribution < 1.29 is 54.9 Å². The first-order valence-corrected chi connectivity index (χ1v) is 12.7. The Morgan fingerprint density at radius 1 is 0.610 bits per heavy atom. The highest BCUT2D eigenvalue weighted by Crippen LogP contribution is 2.51. The van der Waals surface area contributed by atoms with Crippen molar-refractivity contribution in [1.29, 1.82) is 0 Å². The highest BCUT2D eigenvalue weighted by atomic mass is 16.3. The molecule has 0 bridgehead atoms. The average Bonchev–Trinajstić information content (AvgIpc) is 2.81. The lowest BCUT2D eigenvalue weighted by Gasteiger charge is -2.31. The molecule has 2 unspecified atom stereocenters. The summed E-state index contributed by atoms with van der Waals surface area (Å²) in [6, 6.07) is 3.57. The molecule has 41 heavy (non-hydrogen) atoms. The van der Waals surface area contributed by atoms with Crippen LogP contribution in [-0.2, 0) is 17.6 Å². The maximum atomic E-state index is 13.3. The van der Waals surface area contributed by atoms with E-state index in [1.807, 2.05) is 0 Å². The lowest BCUT2D eigenvalue weighted by molar-refractivity contribution is -0.110. The van der Waals surface area contributed by atoms with Crippen molar-refractivity contribution in [3.63, 3.8) is 0 Å². The van der Waals surface area contributed by atoms with Gasteiger partial charge in [-0.25, -0.2) is 0 Å². The van der Waals surface area contributed by atoms with Crippen molar-refractivity contribution in [1.82, 2.24) is 0 Å². The van der Waals surface area contributed by atoms with Crippen LogP contribution in [0.2, 0.25) is 0 Å². The summed E-state index contributed by atoms with van der Waals surface area (Å²) in [4.78, 5) is 52.1. The molecule has 3 aliphatic carbocycles. The SMILES string of the molecule is CC1(O)CC(=O)c2c(cc3c(c2O)C(O)=C(c2c(O)cc4cc5c(c(O)c4c2O)C(=O)CC(C)(O)C5)C(=O)C3=O)C1. The van der Waals surface area contributed by atoms with Gasteiger partial charge in [-0.15, -0.1) is 0 Å². The maximum absolute atomic E-state index is 13.3. The number of aliphatic hydroxyl groups is 3. The van der Waals surface area contributed by atoms with E-state index in [4.69, 9.17) is 0 Å². The molecule has 0 saturated carbocycles. The number of Topliss-reactive ketones (excluding diaryl/α,β-unsaturated/α-hetero) is 4. The minimum atomic E-state index is -1.46. The van der Waals surface area contributed by atoms with Gasteiger partial charge in [-0.3, -0.25) is 19.2 Å². The summed E-state index contributed by atoms with van der Waals surface area (Å²) in [7, 11) is 0.